The van der Waals surface area contributed by atoms with Gasteiger partial charge in [0.15, 0.2) is 11.5 Å². The number of carbonyl (C=O) groups is 2. The molecule has 0 saturated heterocycles. The number of hydrogen-bond acceptors (Lipinski definition) is 8. The normalized spacial score (nSPS) is 11.1. The summed E-state index contributed by atoms with van der Waals surface area (Å²) in [4.78, 5) is 41.4. The maximum Gasteiger partial charge on any atom is 0.413 e. The van der Waals surface area contributed by atoms with E-state index >= 15 is 0 Å². The van der Waals surface area contributed by atoms with Gasteiger partial charge in [-0.25, -0.2) is 24.1 Å². The molecule has 3 aromatic heterocycles. The molecule has 0 radical (unpaired) electrons. The Morgan fingerprint density at radius 2 is 1.88 bits per heavy atom. The van der Waals surface area contributed by atoms with Gasteiger partial charge in [0.1, 0.15) is 21.8 Å². The molecule has 2 amide bonds. The van der Waals surface area contributed by atoms with E-state index in [1.807, 2.05) is 0 Å². The van der Waals surface area contributed by atoms with Crippen LogP contribution in [0.4, 0.5) is 26.4 Å². The third kappa shape index (κ3) is 6.19. The number of carbonyl (C=O) groups excluding carboxylic acids is 2. The highest BCUT2D eigenvalue weighted by Gasteiger charge is 2.20. The second-order valence-electron chi connectivity index (χ2n) is 7.89. The zero-order chi connectivity index (χ0) is 24.3. The predicted octanol–water partition coefficient (Wildman–Crippen LogP) is 4.33. The first kappa shape index (κ1) is 24.0. The lowest BCUT2D eigenvalue weighted by atomic mass is 10.1. The molecule has 0 fully saturated rings. The summed E-state index contributed by atoms with van der Waals surface area (Å²) in [6.07, 6.45) is 2.27. The van der Waals surface area contributed by atoms with Gasteiger partial charge < -0.3 is 15.8 Å². The van der Waals surface area contributed by atoms with Crippen molar-refractivity contribution in [3.63, 3.8) is 0 Å². The van der Waals surface area contributed by atoms with Crippen LogP contribution in [-0.4, -0.2) is 37.5 Å². The molecule has 172 valence electrons. The number of halogens is 2. The summed E-state index contributed by atoms with van der Waals surface area (Å²) in [5.74, 6) is -0.761. The Morgan fingerprint density at radius 1 is 1.15 bits per heavy atom. The largest absolute Gasteiger partial charge is 0.444 e. The Bertz CT molecular complexity index is 1230. The first-order chi connectivity index (χ1) is 15.4. The summed E-state index contributed by atoms with van der Waals surface area (Å²) in [7, 11) is 0. The molecule has 0 unspecified atom stereocenters. The quantitative estimate of drug-likeness (QED) is 0.433. The molecule has 33 heavy (non-hydrogen) atoms. The zero-order valence-electron chi connectivity index (χ0n) is 18.2. The summed E-state index contributed by atoms with van der Waals surface area (Å²) >= 11 is 2.94. The van der Waals surface area contributed by atoms with Gasteiger partial charge in [0.05, 0.1) is 23.3 Å². The average Bonchev–Trinajstić information content (AvgIpc) is 2.69. The van der Waals surface area contributed by atoms with E-state index in [9.17, 15) is 14.0 Å². The van der Waals surface area contributed by atoms with Crippen LogP contribution in [0, 0.1) is 12.7 Å². The van der Waals surface area contributed by atoms with Crippen LogP contribution in [0.2, 0.25) is 0 Å². The van der Waals surface area contributed by atoms with Gasteiger partial charge >= 0.3 is 6.09 Å². The van der Waals surface area contributed by atoms with Gasteiger partial charge in [-0.2, -0.15) is 0 Å². The number of rotatable bonds is 4. The lowest BCUT2D eigenvalue weighted by Crippen LogP contribution is -2.27. The van der Waals surface area contributed by atoms with Crippen molar-refractivity contribution in [3.8, 4) is 11.3 Å². The Morgan fingerprint density at radius 3 is 2.58 bits per heavy atom. The molecule has 0 atom stereocenters. The Kier molecular flexibility index (Phi) is 6.86. The fraction of sp³-hybridized carbons (Fsp3) is 0.238. The third-order valence-electron chi connectivity index (χ3n) is 3.99. The molecule has 4 N–H and O–H groups in total. The van der Waals surface area contributed by atoms with Crippen LogP contribution in [0.5, 0.6) is 0 Å². The molecule has 0 aliphatic heterocycles. The van der Waals surface area contributed by atoms with Gasteiger partial charge in [-0.3, -0.25) is 15.1 Å². The number of aryl methyl sites for hydroxylation is 1. The number of amides is 2. The van der Waals surface area contributed by atoms with Gasteiger partial charge in [0, 0.05) is 23.9 Å². The van der Waals surface area contributed by atoms with E-state index in [2.05, 4.69) is 46.5 Å². The number of nitrogens with one attached hydrogen (secondary N) is 2. The van der Waals surface area contributed by atoms with Crippen LogP contribution in [-0.2, 0) is 4.74 Å². The van der Waals surface area contributed by atoms with E-state index in [1.165, 1.54) is 18.5 Å². The van der Waals surface area contributed by atoms with Crippen LogP contribution in [0.3, 0.4) is 0 Å². The van der Waals surface area contributed by atoms with Crippen molar-refractivity contribution in [2.45, 2.75) is 33.3 Å². The minimum atomic E-state index is -0.687. The first-order valence-electron chi connectivity index (χ1n) is 9.66. The van der Waals surface area contributed by atoms with Gasteiger partial charge in [0.2, 0.25) is 0 Å². The summed E-state index contributed by atoms with van der Waals surface area (Å²) < 4.78 is 18.7. The number of ether oxygens (including phenoxy) is 1. The number of hydrogen-bond donors (Lipinski definition) is 3. The van der Waals surface area contributed by atoms with E-state index in [-0.39, 0.29) is 21.8 Å². The molecule has 0 bridgehead atoms. The molecule has 3 heterocycles. The van der Waals surface area contributed by atoms with E-state index in [1.54, 1.807) is 33.8 Å². The van der Waals surface area contributed by atoms with Crippen LogP contribution in [0.15, 0.2) is 35.2 Å². The SMILES string of the molecule is Cc1nc(NC(=O)OC(C)(C)C)cc(-c2ccncc2NC(=O)c2nc(Br)c(F)cc2N)n1. The van der Waals surface area contributed by atoms with Crippen LogP contribution in [0.1, 0.15) is 37.1 Å². The summed E-state index contributed by atoms with van der Waals surface area (Å²) in [6.45, 7) is 6.90. The Labute approximate surface area is 197 Å². The average molecular weight is 518 g/mol. The smallest absolute Gasteiger partial charge is 0.413 e. The van der Waals surface area contributed by atoms with Crippen LogP contribution >= 0.6 is 15.9 Å². The second-order valence-corrected chi connectivity index (χ2v) is 8.64. The molecule has 0 saturated carbocycles. The van der Waals surface area contributed by atoms with E-state index < -0.39 is 23.4 Å². The van der Waals surface area contributed by atoms with E-state index in [0.717, 1.165) is 6.07 Å². The number of anilines is 3. The topological polar surface area (TPSA) is 145 Å². The van der Waals surface area contributed by atoms with Crippen molar-refractivity contribution in [2.24, 2.45) is 0 Å². The fourth-order valence-electron chi connectivity index (χ4n) is 2.74. The molecule has 0 aliphatic rings. The Hall–Kier alpha value is -3.67. The zero-order valence-corrected chi connectivity index (χ0v) is 19.8. The predicted molar refractivity (Wildman–Crippen MR) is 124 cm³/mol. The van der Waals surface area contributed by atoms with Gasteiger partial charge in [-0.1, -0.05) is 0 Å². The van der Waals surface area contributed by atoms with Gasteiger partial charge in [0.25, 0.3) is 5.91 Å². The molecular weight excluding hydrogens is 497 g/mol. The number of pyridine rings is 2. The molecule has 3 rings (SSSR count). The molecule has 12 heteroatoms. The van der Waals surface area contributed by atoms with Gasteiger partial charge in [-0.15, -0.1) is 0 Å². The van der Waals surface area contributed by atoms with Crippen LogP contribution < -0.4 is 16.4 Å². The molecule has 10 nitrogen and oxygen atoms in total. The second kappa shape index (κ2) is 9.45. The molecule has 3 aromatic rings. The molecular formula is C21H21BrFN7O3. The third-order valence-corrected chi connectivity index (χ3v) is 4.55. The van der Waals surface area contributed by atoms with E-state index in [0.29, 0.717) is 22.8 Å². The minimum Gasteiger partial charge on any atom is -0.444 e. The van der Waals surface area contributed by atoms with Crippen molar-refractivity contribution >= 4 is 45.1 Å². The summed E-state index contributed by atoms with van der Waals surface area (Å²) in [5.41, 5.74) is 5.99. The monoisotopic (exact) mass is 517 g/mol. The number of nitrogen functional groups attached to an aromatic ring is 1. The Balaban J connectivity index is 1.92. The van der Waals surface area contributed by atoms with Gasteiger partial charge in [-0.05, 0) is 49.7 Å². The molecule has 0 aliphatic carbocycles. The highest BCUT2D eigenvalue weighted by atomic mass is 79.9. The van der Waals surface area contributed by atoms with E-state index in [4.69, 9.17) is 10.5 Å². The number of aromatic nitrogens is 4. The summed E-state index contributed by atoms with van der Waals surface area (Å²) in [6, 6.07) is 4.16. The highest BCUT2D eigenvalue weighted by molar-refractivity contribution is 9.10. The summed E-state index contributed by atoms with van der Waals surface area (Å²) in [5, 5.41) is 5.24. The maximum absolute atomic E-state index is 13.6. The van der Waals surface area contributed by atoms with Crippen molar-refractivity contribution in [3.05, 3.63) is 52.5 Å². The number of nitrogens with two attached hydrogens (primary N) is 1. The van der Waals surface area contributed by atoms with Crippen molar-refractivity contribution < 1.29 is 18.7 Å². The highest BCUT2D eigenvalue weighted by Crippen LogP contribution is 2.28. The first-order valence-corrected chi connectivity index (χ1v) is 10.4. The standard InChI is InChI=1S/C21H21BrFN7O3/c1-10-26-14(8-16(27-10)29-20(32)33-21(2,3)4)11-5-6-25-9-15(11)28-19(31)17-13(24)7-12(23)18(22)30-17/h5-9H,24H2,1-4H3,(H,28,31)(H,26,27,29,32). The fourth-order valence-corrected chi connectivity index (χ4v) is 3.03. The minimum absolute atomic E-state index is 0.125. The lowest BCUT2D eigenvalue weighted by molar-refractivity contribution is 0.0635. The van der Waals surface area contributed by atoms with Crippen molar-refractivity contribution in [1.82, 2.24) is 19.9 Å². The number of nitrogens with zero attached hydrogens (tertiary/aromatic N) is 4. The van der Waals surface area contributed by atoms with Crippen molar-refractivity contribution in [2.75, 3.05) is 16.4 Å². The van der Waals surface area contributed by atoms with Crippen molar-refractivity contribution in [1.29, 1.82) is 0 Å². The lowest BCUT2D eigenvalue weighted by Gasteiger charge is -2.19. The maximum atomic E-state index is 13.6. The molecule has 0 spiro atoms. The van der Waals surface area contributed by atoms with Crippen LogP contribution in [0.25, 0.3) is 11.3 Å². The molecule has 0 aromatic carbocycles.